The van der Waals surface area contributed by atoms with Crippen molar-refractivity contribution in [3.8, 4) is 11.5 Å². The molecule has 9 nitrogen and oxygen atoms in total. The summed E-state index contributed by atoms with van der Waals surface area (Å²) in [5.41, 5.74) is -2.95. The van der Waals surface area contributed by atoms with Crippen LogP contribution in [0.1, 0.15) is 50.7 Å². The van der Waals surface area contributed by atoms with Crippen molar-refractivity contribution < 1.29 is 32.5 Å². The van der Waals surface area contributed by atoms with E-state index in [-0.39, 0.29) is 28.9 Å². The molecule has 1 aromatic heterocycles. The highest BCUT2D eigenvalue weighted by Gasteiger charge is 2.49. The third kappa shape index (κ3) is 6.03. The number of ether oxygens (including phenoxy) is 2. The molecule has 2 N–H and O–H groups in total. The number of hydrogen-bond donors (Lipinski definition) is 2. The van der Waals surface area contributed by atoms with Gasteiger partial charge in [-0.15, -0.1) is 0 Å². The summed E-state index contributed by atoms with van der Waals surface area (Å²) in [5.74, 6) is -3.84. The Morgan fingerprint density at radius 2 is 1.90 bits per heavy atom. The lowest BCUT2D eigenvalue weighted by atomic mass is 9.91. The van der Waals surface area contributed by atoms with Crippen molar-refractivity contribution in [3.05, 3.63) is 53.1 Å². The van der Waals surface area contributed by atoms with Crippen LogP contribution in [0.3, 0.4) is 0 Å². The molecule has 1 aliphatic rings. The predicted molar refractivity (Wildman–Crippen MR) is 149 cm³/mol. The van der Waals surface area contributed by atoms with Gasteiger partial charge in [0, 0.05) is 42.7 Å². The zero-order valence-electron chi connectivity index (χ0n) is 24.3. The highest BCUT2D eigenvalue weighted by atomic mass is 19.3. The maximum Gasteiger partial charge on any atom is 0.415 e. The van der Waals surface area contributed by atoms with Gasteiger partial charge < -0.3 is 29.7 Å². The Kier molecular flexibility index (Phi) is 8.38. The number of halogens is 3. The third-order valence-electron chi connectivity index (χ3n) is 7.31. The van der Waals surface area contributed by atoms with Gasteiger partial charge in [0.15, 0.2) is 11.5 Å². The zero-order valence-corrected chi connectivity index (χ0v) is 24.3. The molecule has 1 fully saturated rings. The van der Waals surface area contributed by atoms with Gasteiger partial charge in [0.2, 0.25) is 0 Å². The molecule has 2 atom stereocenters. The van der Waals surface area contributed by atoms with Crippen molar-refractivity contribution >= 4 is 22.8 Å². The molecule has 222 valence electrons. The van der Waals surface area contributed by atoms with Crippen LogP contribution in [-0.4, -0.2) is 76.4 Å². The van der Waals surface area contributed by atoms with E-state index in [0.717, 1.165) is 19.9 Å². The van der Waals surface area contributed by atoms with E-state index in [2.05, 4.69) is 20.2 Å². The van der Waals surface area contributed by atoms with Gasteiger partial charge in [0.1, 0.15) is 23.1 Å². The second kappa shape index (κ2) is 11.3. The van der Waals surface area contributed by atoms with E-state index in [1.807, 2.05) is 14.0 Å². The maximum absolute atomic E-state index is 15.4. The Bertz CT molecular complexity index is 1450. The summed E-state index contributed by atoms with van der Waals surface area (Å²) in [7, 11) is 3.44. The summed E-state index contributed by atoms with van der Waals surface area (Å²) in [6.45, 7) is 9.02. The fraction of sp³-hybridized carbons (Fsp3) is 0.483. The molecule has 0 radical (unpaired) electrons. The van der Waals surface area contributed by atoms with Gasteiger partial charge in [-0.25, -0.2) is 19.2 Å². The highest BCUT2D eigenvalue weighted by molar-refractivity contribution is 5.92. The van der Waals surface area contributed by atoms with Crippen LogP contribution in [0, 0.1) is 12.7 Å². The van der Waals surface area contributed by atoms with E-state index in [9.17, 15) is 18.7 Å². The Morgan fingerprint density at radius 3 is 2.54 bits per heavy atom. The van der Waals surface area contributed by atoms with Crippen LogP contribution in [0.4, 0.5) is 23.8 Å². The SMILES string of the molecule is COc1cc2nc(C)nc(N[C@H](C)c3cccc(C(F)(F)C(C)(C)O)c3F)c2cc1OC(=O)N1CCN(C)C[C@@H]1C. The number of fused-ring (bicyclic) bond motifs is 1. The lowest BCUT2D eigenvalue weighted by Crippen LogP contribution is -2.53. The Hall–Kier alpha value is -3.64. The molecular weight excluding hydrogens is 539 g/mol. The largest absolute Gasteiger partial charge is 0.493 e. The van der Waals surface area contributed by atoms with Crippen molar-refractivity contribution in [3.63, 3.8) is 0 Å². The molecule has 4 rings (SSSR count). The summed E-state index contributed by atoms with van der Waals surface area (Å²) in [4.78, 5) is 25.8. The first-order chi connectivity index (χ1) is 19.1. The number of likely N-dealkylation sites (N-methyl/N-ethyl adjacent to an activating group) is 1. The van der Waals surface area contributed by atoms with Crippen LogP contribution < -0.4 is 14.8 Å². The molecule has 0 unspecified atom stereocenters. The van der Waals surface area contributed by atoms with E-state index >= 15 is 4.39 Å². The zero-order chi connectivity index (χ0) is 30.3. The van der Waals surface area contributed by atoms with Crippen LogP contribution in [-0.2, 0) is 5.92 Å². The van der Waals surface area contributed by atoms with Crippen molar-refractivity contribution in [2.24, 2.45) is 0 Å². The normalized spacial score (nSPS) is 17.4. The van der Waals surface area contributed by atoms with Gasteiger partial charge in [-0.1, -0.05) is 12.1 Å². The number of anilines is 1. The quantitative estimate of drug-likeness (QED) is 0.394. The third-order valence-corrected chi connectivity index (χ3v) is 7.31. The van der Waals surface area contributed by atoms with Crippen LogP contribution in [0.15, 0.2) is 30.3 Å². The molecule has 0 saturated carbocycles. The van der Waals surface area contributed by atoms with Crippen molar-refractivity contribution in [2.45, 2.75) is 58.2 Å². The monoisotopic (exact) mass is 575 g/mol. The number of carbonyl (C=O) groups excluding carboxylic acids is 1. The summed E-state index contributed by atoms with van der Waals surface area (Å²) < 4.78 is 56.4. The van der Waals surface area contributed by atoms with Gasteiger partial charge in [-0.2, -0.15) is 8.78 Å². The summed E-state index contributed by atoms with van der Waals surface area (Å²) in [6.07, 6.45) is -0.522. The van der Waals surface area contributed by atoms with Gasteiger partial charge in [0.05, 0.1) is 24.2 Å². The van der Waals surface area contributed by atoms with Crippen LogP contribution in [0.2, 0.25) is 0 Å². The van der Waals surface area contributed by atoms with Crippen LogP contribution >= 0.6 is 0 Å². The number of nitrogens with one attached hydrogen (secondary N) is 1. The number of piperazine rings is 1. The average Bonchev–Trinajstić information content (AvgIpc) is 2.87. The number of methoxy groups -OCH3 is 1. The van der Waals surface area contributed by atoms with Crippen LogP contribution in [0.5, 0.6) is 11.5 Å². The molecule has 0 bridgehead atoms. The molecule has 41 heavy (non-hydrogen) atoms. The summed E-state index contributed by atoms with van der Waals surface area (Å²) >= 11 is 0. The number of aromatic nitrogens is 2. The topological polar surface area (TPSA) is 100 Å². The molecule has 1 amide bonds. The Labute approximate surface area is 237 Å². The first kappa shape index (κ1) is 30.3. The summed E-state index contributed by atoms with van der Waals surface area (Å²) in [6, 6.07) is 5.98. The minimum Gasteiger partial charge on any atom is -0.493 e. The lowest BCUT2D eigenvalue weighted by molar-refractivity contribution is -0.170. The van der Waals surface area contributed by atoms with E-state index in [1.54, 1.807) is 30.9 Å². The number of aryl methyl sites for hydroxylation is 1. The number of rotatable bonds is 7. The minimum absolute atomic E-state index is 0.0416. The van der Waals surface area contributed by atoms with Crippen LogP contribution in [0.25, 0.3) is 10.9 Å². The number of hydrogen-bond acceptors (Lipinski definition) is 8. The Balaban J connectivity index is 1.69. The Morgan fingerprint density at radius 1 is 1.20 bits per heavy atom. The second-order valence-electron chi connectivity index (χ2n) is 11.0. The van der Waals surface area contributed by atoms with E-state index in [1.165, 1.54) is 19.2 Å². The standard InChI is InChI=1S/C29H36F3N5O4/c1-16-15-36(6)11-12-37(16)27(38)41-24-13-20-22(14-23(24)40-7)34-18(3)35-26(20)33-17(2)19-9-8-10-21(25(19)30)29(31,32)28(4,5)39/h8-10,13-14,16-17,39H,11-12,15H2,1-7H3,(H,33,34,35)/t16-,17+/m0/s1. The number of carbonyl (C=O) groups is 1. The second-order valence-corrected chi connectivity index (χ2v) is 11.0. The van der Waals surface area contributed by atoms with Gasteiger partial charge in [0.25, 0.3) is 0 Å². The highest BCUT2D eigenvalue weighted by Crippen LogP contribution is 2.42. The van der Waals surface area contributed by atoms with Gasteiger partial charge in [-0.3, -0.25) is 0 Å². The number of nitrogens with zero attached hydrogens (tertiary/aromatic N) is 4. The molecular formula is C29H36F3N5O4. The van der Waals surface area contributed by atoms with E-state index in [0.29, 0.717) is 36.4 Å². The predicted octanol–water partition coefficient (Wildman–Crippen LogP) is 5.26. The molecule has 2 heterocycles. The fourth-order valence-corrected chi connectivity index (χ4v) is 4.90. The first-order valence-electron chi connectivity index (χ1n) is 13.3. The van der Waals surface area contributed by atoms with Crippen molar-refractivity contribution in [2.75, 3.05) is 39.1 Å². The number of amides is 1. The molecule has 12 heteroatoms. The molecule has 1 saturated heterocycles. The molecule has 3 aromatic rings. The minimum atomic E-state index is -3.83. The first-order valence-corrected chi connectivity index (χ1v) is 13.3. The molecule has 2 aromatic carbocycles. The maximum atomic E-state index is 15.4. The van der Waals surface area contributed by atoms with Gasteiger partial charge in [-0.05, 0) is 53.8 Å². The summed E-state index contributed by atoms with van der Waals surface area (Å²) in [5, 5.41) is 13.5. The number of alkyl halides is 2. The average molecular weight is 576 g/mol. The van der Waals surface area contributed by atoms with Crippen molar-refractivity contribution in [1.29, 1.82) is 0 Å². The van der Waals surface area contributed by atoms with E-state index in [4.69, 9.17) is 9.47 Å². The molecule has 0 spiro atoms. The molecule has 0 aliphatic carbocycles. The lowest BCUT2D eigenvalue weighted by Gasteiger charge is -2.37. The number of benzene rings is 2. The smallest absolute Gasteiger partial charge is 0.415 e. The van der Waals surface area contributed by atoms with Gasteiger partial charge >= 0.3 is 12.0 Å². The van der Waals surface area contributed by atoms with Crippen molar-refractivity contribution in [1.82, 2.24) is 19.8 Å². The fourth-order valence-electron chi connectivity index (χ4n) is 4.90. The van der Waals surface area contributed by atoms with E-state index < -0.39 is 35.0 Å². The molecule has 1 aliphatic heterocycles. The number of aliphatic hydroxyl groups is 1.